The van der Waals surface area contributed by atoms with Gasteiger partial charge in [-0.2, -0.15) is 4.31 Å². The Balaban J connectivity index is 2.16. The molecule has 0 saturated carbocycles. The van der Waals surface area contributed by atoms with E-state index in [1.807, 2.05) is 26.0 Å². The first kappa shape index (κ1) is 19.6. The second-order valence-corrected chi connectivity index (χ2v) is 8.78. The fourth-order valence-electron chi connectivity index (χ4n) is 3.31. The zero-order valence-corrected chi connectivity index (χ0v) is 16.5. The van der Waals surface area contributed by atoms with Crippen molar-refractivity contribution in [2.45, 2.75) is 37.2 Å². The molecule has 0 saturated heterocycles. The summed E-state index contributed by atoms with van der Waals surface area (Å²) < 4.78 is 28.1. The fraction of sp³-hybridized carbons (Fsp3) is 0.250. The summed E-state index contributed by atoms with van der Waals surface area (Å²) in [5.41, 5.74) is 1.71. The van der Waals surface area contributed by atoms with Crippen LogP contribution in [0.4, 0.5) is 0 Å². The van der Waals surface area contributed by atoms with Crippen LogP contribution in [0.15, 0.2) is 65.1 Å². The standard InChI is InChI=1S/C20H20ClNO4S/c1-3-16-12-18(20(23)24)19(14-6-4-13(2)5-7-14)22(16)27(25,26)17-10-8-15(21)9-11-17/h4-12,16,19H,3H2,1-2H3,(H,23,24)/t16-,19+/m0/s1. The van der Waals surface area contributed by atoms with Crippen LogP contribution in [-0.4, -0.2) is 29.8 Å². The molecule has 1 aliphatic rings. The third-order valence-corrected chi connectivity index (χ3v) is 6.85. The maximum absolute atomic E-state index is 13.4. The smallest absolute Gasteiger partial charge is 0.333 e. The Kier molecular flexibility index (Phi) is 5.42. The number of benzene rings is 2. The molecule has 1 N–H and O–H groups in total. The molecule has 0 bridgehead atoms. The molecule has 2 aromatic rings. The van der Waals surface area contributed by atoms with Crippen LogP contribution in [0, 0.1) is 6.92 Å². The molecule has 1 heterocycles. The van der Waals surface area contributed by atoms with Crippen LogP contribution in [0.1, 0.15) is 30.5 Å². The van der Waals surface area contributed by atoms with Gasteiger partial charge >= 0.3 is 5.97 Å². The number of sulfonamides is 1. The molecule has 0 spiro atoms. The summed E-state index contributed by atoms with van der Waals surface area (Å²) in [5, 5.41) is 10.1. The summed E-state index contributed by atoms with van der Waals surface area (Å²) in [5.74, 6) is -1.12. The van der Waals surface area contributed by atoms with E-state index in [9.17, 15) is 18.3 Å². The number of halogens is 1. The normalized spacial score (nSPS) is 20.5. The molecule has 0 radical (unpaired) electrons. The van der Waals surface area contributed by atoms with Crippen molar-refractivity contribution in [2.75, 3.05) is 0 Å². The molecule has 2 atom stereocenters. The van der Waals surface area contributed by atoms with E-state index in [4.69, 9.17) is 11.6 Å². The van der Waals surface area contributed by atoms with E-state index in [0.717, 1.165) is 5.56 Å². The lowest BCUT2D eigenvalue weighted by molar-refractivity contribution is -0.133. The van der Waals surface area contributed by atoms with Crippen LogP contribution < -0.4 is 0 Å². The number of hydrogen-bond acceptors (Lipinski definition) is 3. The minimum absolute atomic E-state index is 0.0724. The molecule has 142 valence electrons. The SMILES string of the molecule is CC[C@H]1C=C(C(=O)O)[C@@H](c2ccc(C)cc2)N1S(=O)(=O)c1ccc(Cl)cc1. The third kappa shape index (κ3) is 3.65. The average molecular weight is 406 g/mol. The summed E-state index contributed by atoms with van der Waals surface area (Å²) in [7, 11) is -3.93. The molecule has 3 rings (SSSR count). The molecule has 0 amide bonds. The Hall–Kier alpha value is -2.15. The lowest BCUT2D eigenvalue weighted by Gasteiger charge is -2.30. The molecule has 7 heteroatoms. The van der Waals surface area contributed by atoms with E-state index in [-0.39, 0.29) is 10.5 Å². The number of nitrogens with zero attached hydrogens (tertiary/aromatic N) is 1. The fourth-order valence-corrected chi connectivity index (χ4v) is 5.24. The Morgan fingerprint density at radius 1 is 1.11 bits per heavy atom. The van der Waals surface area contributed by atoms with Crippen LogP contribution in [-0.2, 0) is 14.8 Å². The molecule has 2 aromatic carbocycles. The van der Waals surface area contributed by atoms with E-state index in [1.54, 1.807) is 18.2 Å². The monoisotopic (exact) mass is 405 g/mol. The Labute approximate surface area is 163 Å². The second kappa shape index (κ2) is 7.46. The van der Waals surface area contributed by atoms with Gasteiger partial charge in [0.05, 0.1) is 16.5 Å². The van der Waals surface area contributed by atoms with Crippen molar-refractivity contribution in [1.82, 2.24) is 4.31 Å². The highest BCUT2D eigenvalue weighted by Gasteiger charge is 2.45. The van der Waals surface area contributed by atoms with Crippen molar-refractivity contribution in [3.63, 3.8) is 0 Å². The number of carboxylic acid groups (broad SMARTS) is 1. The van der Waals surface area contributed by atoms with Gasteiger partial charge in [0.25, 0.3) is 0 Å². The predicted molar refractivity (Wildman–Crippen MR) is 104 cm³/mol. The predicted octanol–water partition coefficient (Wildman–Crippen LogP) is 4.18. The van der Waals surface area contributed by atoms with Crippen LogP contribution in [0.5, 0.6) is 0 Å². The van der Waals surface area contributed by atoms with Gasteiger partial charge in [-0.1, -0.05) is 54.4 Å². The number of rotatable bonds is 5. The molecule has 27 heavy (non-hydrogen) atoms. The van der Waals surface area contributed by atoms with E-state index < -0.39 is 28.1 Å². The summed E-state index contributed by atoms with van der Waals surface area (Å²) >= 11 is 5.89. The highest BCUT2D eigenvalue weighted by Crippen LogP contribution is 2.42. The first-order chi connectivity index (χ1) is 12.8. The molecular weight excluding hydrogens is 386 g/mol. The van der Waals surface area contributed by atoms with Gasteiger partial charge in [0.2, 0.25) is 10.0 Å². The topological polar surface area (TPSA) is 74.7 Å². The first-order valence-electron chi connectivity index (χ1n) is 8.56. The molecule has 0 aromatic heterocycles. The molecular formula is C20H20ClNO4S. The summed E-state index contributed by atoms with van der Waals surface area (Å²) in [6, 6.07) is 11.7. The molecule has 0 aliphatic carbocycles. The molecule has 5 nitrogen and oxygen atoms in total. The highest BCUT2D eigenvalue weighted by atomic mass is 35.5. The second-order valence-electron chi connectivity index (χ2n) is 6.50. The summed E-state index contributed by atoms with van der Waals surface area (Å²) in [4.78, 5) is 11.9. The summed E-state index contributed by atoms with van der Waals surface area (Å²) in [6.45, 7) is 3.76. The van der Waals surface area contributed by atoms with Crippen LogP contribution >= 0.6 is 11.6 Å². The lowest BCUT2D eigenvalue weighted by Crippen LogP contribution is -2.38. The van der Waals surface area contributed by atoms with E-state index >= 15 is 0 Å². The van der Waals surface area contributed by atoms with Crippen molar-refractivity contribution < 1.29 is 18.3 Å². The maximum atomic E-state index is 13.4. The largest absolute Gasteiger partial charge is 0.478 e. The van der Waals surface area contributed by atoms with Gasteiger partial charge in [0.15, 0.2) is 0 Å². The first-order valence-corrected chi connectivity index (χ1v) is 10.4. The lowest BCUT2D eigenvalue weighted by atomic mass is 10.00. The van der Waals surface area contributed by atoms with Gasteiger partial charge in [-0.25, -0.2) is 13.2 Å². The summed E-state index contributed by atoms with van der Waals surface area (Å²) in [6.07, 6.45) is 2.01. The molecule has 0 fully saturated rings. The zero-order chi connectivity index (χ0) is 19.8. The van der Waals surface area contributed by atoms with Crippen molar-refractivity contribution in [1.29, 1.82) is 0 Å². The van der Waals surface area contributed by atoms with Crippen molar-refractivity contribution in [3.05, 3.63) is 76.3 Å². The van der Waals surface area contributed by atoms with Crippen molar-refractivity contribution >= 4 is 27.6 Å². The van der Waals surface area contributed by atoms with Gasteiger partial charge < -0.3 is 5.11 Å². The Morgan fingerprint density at radius 2 is 1.70 bits per heavy atom. The molecule has 1 aliphatic heterocycles. The van der Waals surface area contributed by atoms with Crippen LogP contribution in [0.25, 0.3) is 0 Å². The van der Waals surface area contributed by atoms with Gasteiger partial charge in [0.1, 0.15) is 0 Å². The van der Waals surface area contributed by atoms with Gasteiger partial charge in [-0.05, 0) is 43.2 Å². The number of carboxylic acids is 1. The van der Waals surface area contributed by atoms with E-state index in [0.29, 0.717) is 17.0 Å². The average Bonchev–Trinajstić information content (AvgIpc) is 3.03. The zero-order valence-electron chi connectivity index (χ0n) is 15.0. The number of aryl methyl sites for hydroxylation is 1. The molecule has 0 unspecified atom stereocenters. The van der Waals surface area contributed by atoms with Crippen LogP contribution in [0.2, 0.25) is 5.02 Å². The van der Waals surface area contributed by atoms with Gasteiger partial charge in [0, 0.05) is 11.1 Å². The maximum Gasteiger partial charge on any atom is 0.333 e. The highest BCUT2D eigenvalue weighted by molar-refractivity contribution is 7.89. The number of aliphatic carboxylic acids is 1. The van der Waals surface area contributed by atoms with E-state index in [2.05, 4.69) is 0 Å². The Morgan fingerprint density at radius 3 is 2.22 bits per heavy atom. The Bertz CT molecular complexity index is 982. The van der Waals surface area contributed by atoms with Crippen molar-refractivity contribution in [3.8, 4) is 0 Å². The van der Waals surface area contributed by atoms with Gasteiger partial charge in [-0.15, -0.1) is 0 Å². The number of carbonyl (C=O) groups is 1. The van der Waals surface area contributed by atoms with Crippen LogP contribution in [0.3, 0.4) is 0 Å². The minimum Gasteiger partial charge on any atom is -0.478 e. The third-order valence-electron chi connectivity index (χ3n) is 4.70. The van der Waals surface area contributed by atoms with Gasteiger partial charge in [-0.3, -0.25) is 0 Å². The number of hydrogen-bond donors (Lipinski definition) is 1. The van der Waals surface area contributed by atoms with E-state index in [1.165, 1.54) is 28.6 Å². The van der Waals surface area contributed by atoms with Crippen molar-refractivity contribution in [2.24, 2.45) is 0 Å². The minimum atomic E-state index is -3.93. The quantitative estimate of drug-likeness (QED) is 0.809.